The summed E-state index contributed by atoms with van der Waals surface area (Å²) in [6.45, 7) is 0.846. The Bertz CT molecular complexity index is 699. The zero-order valence-electron chi connectivity index (χ0n) is 10.6. The van der Waals surface area contributed by atoms with E-state index in [0.29, 0.717) is 5.13 Å². The summed E-state index contributed by atoms with van der Waals surface area (Å²) in [5.41, 5.74) is 0.984. The third-order valence-electron chi connectivity index (χ3n) is 3.28. The summed E-state index contributed by atoms with van der Waals surface area (Å²) in [5.74, 6) is 0. The molecule has 1 saturated heterocycles. The molecule has 0 amide bonds. The highest BCUT2D eigenvalue weighted by Crippen LogP contribution is 2.37. The average Bonchev–Trinajstić information content (AvgIpc) is 3.07. The molecule has 2 aromatic rings. The van der Waals surface area contributed by atoms with Crippen LogP contribution in [0.25, 0.3) is 0 Å². The standard InChI is InChI=1S/C12H14N4O2S2/c13-20(17,18)11-8-15-12(19-11)16-7-3-5-10(16)9-4-1-2-6-14-9/h1-2,4,6,8,10H,3,5,7H2,(H2,13,17,18). The van der Waals surface area contributed by atoms with Crippen molar-refractivity contribution in [1.29, 1.82) is 0 Å². The highest BCUT2D eigenvalue weighted by atomic mass is 32.2. The van der Waals surface area contributed by atoms with Crippen LogP contribution in [0.1, 0.15) is 24.6 Å². The monoisotopic (exact) mass is 310 g/mol. The van der Waals surface area contributed by atoms with Crippen molar-refractivity contribution in [2.45, 2.75) is 23.1 Å². The molecule has 1 aliphatic rings. The van der Waals surface area contributed by atoms with Gasteiger partial charge in [0.25, 0.3) is 0 Å². The lowest BCUT2D eigenvalue weighted by molar-refractivity contribution is 0.599. The Kier molecular flexibility index (Phi) is 3.45. The predicted molar refractivity (Wildman–Crippen MR) is 77.0 cm³/mol. The fourth-order valence-electron chi connectivity index (χ4n) is 2.39. The van der Waals surface area contributed by atoms with Gasteiger partial charge < -0.3 is 4.90 Å². The van der Waals surface area contributed by atoms with Crippen molar-refractivity contribution < 1.29 is 8.42 Å². The molecule has 1 atom stereocenters. The second kappa shape index (κ2) is 5.12. The van der Waals surface area contributed by atoms with Crippen LogP contribution in [0.15, 0.2) is 34.8 Å². The molecule has 1 unspecified atom stereocenters. The number of aromatic nitrogens is 2. The minimum absolute atomic E-state index is 0.0965. The summed E-state index contributed by atoms with van der Waals surface area (Å²) in [5, 5.41) is 5.81. The van der Waals surface area contributed by atoms with Crippen molar-refractivity contribution in [1.82, 2.24) is 9.97 Å². The number of anilines is 1. The first-order valence-corrected chi connectivity index (χ1v) is 8.58. The van der Waals surface area contributed by atoms with E-state index in [4.69, 9.17) is 5.14 Å². The summed E-state index contributed by atoms with van der Waals surface area (Å²) in [6.07, 6.45) is 5.11. The third-order valence-corrected chi connectivity index (χ3v) is 5.72. The summed E-state index contributed by atoms with van der Waals surface area (Å²) < 4.78 is 22.8. The lowest BCUT2D eigenvalue weighted by Crippen LogP contribution is -2.22. The Morgan fingerprint density at radius 2 is 2.20 bits per heavy atom. The van der Waals surface area contributed by atoms with Crippen LogP contribution in [0.5, 0.6) is 0 Å². The van der Waals surface area contributed by atoms with Gasteiger partial charge in [0.15, 0.2) is 9.34 Å². The van der Waals surface area contributed by atoms with Crippen molar-refractivity contribution in [2.75, 3.05) is 11.4 Å². The molecule has 0 radical (unpaired) electrons. The number of hydrogen-bond donors (Lipinski definition) is 1. The van der Waals surface area contributed by atoms with Crippen LogP contribution in [-0.4, -0.2) is 24.9 Å². The number of pyridine rings is 1. The van der Waals surface area contributed by atoms with Gasteiger partial charge in [-0.15, -0.1) is 0 Å². The highest BCUT2D eigenvalue weighted by molar-refractivity contribution is 7.91. The van der Waals surface area contributed by atoms with Crippen LogP contribution in [0, 0.1) is 0 Å². The van der Waals surface area contributed by atoms with Crippen molar-refractivity contribution in [2.24, 2.45) is 5.14 Å². The molecule has 0 aromatic carbocycles. The first kappa shape index (κ1) is 13.5. The van der Waals surface area contributed by atoms with E-state index < -0.39 is 10.0 Å². The maximum absolute atomic E-state index is 11.3. The smallest absolute Gasteiger partial charge is 0.249 e. The molecular weight excluding hydrogens is 296 g/mol. The van der Waals surface area contributed by atoms with Crippen molar-refractivity contribution in [3.63, 3.8) is 0 Å². The van der Waals surface area contributed by atoms with Crippen LogP contribution in [0.3, 0.4) is 0 Å². The molecule has 1 fully saturated rings. The van der Waals surface area contributed by atoms with Gasteiger partial charge in [-0.3, -0.25) is 4.98 Å². The Morgan fingerprint density at radius 1 is 1.35 bits per heavy atom. The molecular formula is C12H14N4O2S2. The molecule has 6 nitrogen and oxygen atoms in total. The largest absolute Gasteiger partial charge is 0.339 e. The normalized spacial score (nSPS) is 19.4. The second-order valence-electron chi connectivity index (χ2n) is 4.61. The Labute approximate surface area is 121 Å². The minimum Gasteiger partial charge on any atom is -0.339 e. The number of sulfonamides is 1. The van der Waals surface area contributed by atoms with Gasteiger partial charge in [0.2, 0.25) is 10.0 Å². The van der Waals surface area contributed by atoms with E-state index in [2.05, 4.69) is 14.9 Å². The van der Waals surface area contributed by atoms with Crippen molar-refractivity contribution >= 4 is 26.5 Å². The second-order valence-corrected chi connectivity index (χ2v) is 7.41. The maximum atomic E-state index is 11.3. The first-order valence-electron chi connectivity index (χ1n) is 6.22. The summed E-state index contributed by atoms with van der Waals surface area (Å²) in [4.78, 5) is 10.7. The molecule has 2 N–H and O–H groups in total. The fraction of sp³-hybridized carbons (Fsp3) is 0.333. The Morgan fingerprint density at radius 3 is 2.85 bits per heavy atom. The van der Waals surface area contributed by atoms with E-state index in [9.17, 15) is 8.42 Å². The summed E-state index contributed by atoms with van der Waals surface area (Å²) in [6, 6.07) is 5.97. The highest BCUT2D eigenvalue weighted by Gasteiger charge is 2.29. The molecule has 20 heavy (non-hydrogen) atoms. The number of thiazole rings is 1. The number of nitrogens with two attached hydrogens (primary N) is 1. The van der Waals surface area contributed by atoms with Gasteiger partial charge in [-0.2, -0.15) is 0 Å². The van der Waals surface area contributed by atoms with Crippen molar-refractivity contribution in [3.8, 4) is 0 Å². The summed E-state index contributed by atoms with van der Waals surface area (Å²) >= 11 is 1.11. The topological polar surface area (TPSA) is 89.2 Å². The zero-order valence-corrected chi connectivity index (χ0v) is 12.3. The SMILES string of the molecule is NS(=O)(=O)c1cnc(N2CCCC2c2ccccn2)s1. The number of primary sulfonamides is 1. The van der Waals surface area contributed by atoms with E-state index in [-0.39, 0.29) is 10.3 Å². The van der Waals surface area contributed by atoms with Crippen LogP contribution < -0.4 is 10.0 Å². The number of rotatable bonds is 3. The predicted octanol–water partition coefficient (Wildman–Crippen LogP) is 1.53. The van der Waals surface area contributed by atoms with Gasteiger partial charge in [-0.25, -0.2) is 18.5 Å². The van der Waals surface area contributed by atoms with Crippen LogP contribution >= 0.6 is 11.3 Å². The molecule has 8 heteroatoms. The van der Waals surface area contributed by atoms with E-state index in [0.717, 1.165) is 36.4 Å². The van der Waals surface area contributed by atoms with Crippen LogP contribution in [0.2, 0.25) is 0 Å². The number of nitrogens with zero attached hydrogens (tertiary/aromatic N) is 3. The summed E-state index contributed by atoms with van der Waals surface area (Å²) in [7, 11) is -3.68. The molecule has 3 rings (SSSR count). The van der Waals surface area contributed by atoms with Gasteiger partial charge in [0.1, 0.15) is 0 Å². The van der Waals surface area contributed by atoms with Gasteiger partial charge in [0, 0.05) is 12.7 Å². The van der Waals surface area contributed by atoms with Crippen LogP contribution in [0.4, 0.5) is 5.13 Å². The Balaban J connectivity index is 1.91. The lowest BCUT2D eigenvalue weighted by Gasteiger charge is -2.23. The minimum atomic E-state index is -3.68. The Hall–Kier alpha value is -1.51. The van der Waals surface area contributed by atoms with Gasteiger partial charge in [-0.05, 0) is 25.0 Å². The molecule has 2 aromatic heterocycles. The lowest BCUT2D eigenvalue weighted by atomic mass is 10.1. The average molecular weight is 310 g/mol. The quantitative estimate of drug-likeness (QED) is 0.928. The molecule has 0 spiro atoms. The van der Waals surface area contributed by atoms with E-state index in [1.165, 1.54) is 6.20 Å². The zero-order chi connectivity index (χ0) is 14.2. The van der Waals surface area contributed by atoms with E-state index in [1.807, 2.05) is 18.2 Å². The molecule has 0 saturated carbocycles. The third kappa shape index (κ3) is 2.54. The molecule has 0 aliphatic carbocycles. The number of hydrogen-bond acceptors (Lipinski definition) is 6. The van der Waals surface area contributed by atoms with E-state index >= 15 is 0 Å². The van der Waals surface area contributed by atoms with Crippen molar-refractivity contribution in [3.05, 3.63) is 36.3 Å². The van der Waals surface area contributed by atoms with E-state index in [1.54, 1.807) is 6.20 Å². The molecule has 1 aliphatic heterocycles. The van der Waals surface area contributed by atoms with Crippen LogP contribution in [-0.2, 0) is 10.0 Å². The molecule has 0 bridgehead atoms. The van der Waals surface area contributed by atoms with Gasteiger partial charge >= 0.3 is 0 Å². The first-order chi connectivity index (χ1) is 9.55. The molecule has 106 valence electrons. The van der Waals surface area contributed by atoms with Gasteiger partial charge in [0.05, 0.1) is 17.9 Å². The maximum Gasteiger partial charge on any atom is 0.249 e. The molecule has 3 heterocycles. The fourth-order valence-corrected chi connectivity index (χ4v) is 4.01. The van der Waals surface area contributed by atoms with Gasteiger partial charge in [-0.1, -0.05) is 17.4 Å².